The minimum absolute atomic E-state index is 0.106. The molecular formula is C17H13N3O3. The lowest BCUT2D eigenvalue weighted by atomic mass is 9.86. The van der Waals surface area contributed by atoms with Crippen LogP contribution in [0.3, 0.4) is 0 Å². The lowest BCUT2D eigenvalue weighted by Crippen LogP contribution is -2.28. The van der Waals surface area contributed by atoms with Crippen molar-refractivity contribution in [3.05, 3.63) is 63.8 Å². The Bertz CT molecular complexity index is 989. The number of hydrogen-bond donors (Lipinski definition) is 1. The summed E-state index contributed by atoms with van der Waals surface area (Å²) in [6.45, 7) is 1.75. The number of aromatic amines is 1. The molecule has 6 heteroatoms. The van der Waals surface area contributed by atoms with E-state index in [-0.39, 0.29) is 17.9 Å². The van der Waals surface area contributed by atoms with E-state index in [9.17, 15) is 9.59 Å². The maximum absolute atomic E-state index is 12.4. The van der Waals surface area contributed by atoms with Crippen LogP contribution < -0.4 is 10.3 Å². The molecule has 0 saturated carbocycles. The van der Waals surface area contributed by atoms with E-state index in [0.29, 0.717) is 22.5 Å². The molecule has 4 rings (SSSR count). The van der Waals surface area contributed by atoms with Crippen molar-refractivity contribution in [3.8, 4) is 5.75 Å². The van der Waals surface area contributed by atoms with Crippen LogP contribution in [0.5, 0.6) is 5.75 Å². The highest BCUT2D eigenvalue weighted by Crippen LogP contribution is 2.38. The fraction of sp³-hybridized carbons (Fsp3) is 0.176. The molecule has 1 N–H and O–H groups in total. The van der Waals surface area contributed by atoms with Crippen molar-refractivity contribution in [1.29, 1.82) is 0 Å². The van der Waals surface area contributed by atoms with Crippen molar-refractivity contribution in [1.82, 2.24) is 15.0 Å². The number of pyridine rings is 1. The quantitative estimate of drug-likeness (QED) is 0.696. The van der Waals surface area contributed by atoms with Gasteiger partial charge in [0.1, 0.15) is 5.75 Å². The summed E-state index contributed by atoms with van der Waals surface area (Å²) in [5, 5.41) is 0. The molecule has 2 aromatic heterocycles. The number of carbonyl (C=O) groups excluding carboxylic acids is 1. The van der Waals surface area contributed by atoms with Gasteiger partial charge in [-0.3, -0.25) is 19.6 Å². The van der Waals surface area contributed by atoms with E-state index in [1.807, 2.05) is 18.2 Å². The Balaban J connectivity index is 2.00. The van der Waals surface area contributed by atoms with Crippen LogP contribution in [-0.2, 0) is 4.79 Å². The van der Waals surface area contributed by atoms with Crippen LogP contribution in [0.2, 0.25) is 0 Å². The maximum Gasteiger partial charge on any atom is 0.312 e. The molecule has 1 atom stereocenters. The monoisotopic (exact) mass is 307 g/mol. The van der Waals surface area contributed by atoms with E-state index in [2.05, 4.69) is 15.0 Å². The molecule has 0 spiro atoms. The summed E-state index contributed by atoms with van der Waals surface area (Å²) in [6, 6.07) is 7.27. The summed E-state index contributed by atoms with van der Waals surface area (Å²) in [5.74, 6) is -0.419. The van der Waals surface area contributed by atoms with Crippen LogP contribution >= 0.6 is 0 Å². The smallest absolute Gasteiger partial charge is 0.312 e. The van der Waals surface area contributed by atoms with Crippen LogP contribution in [0.25, 0.3) is 11.0 Å². The van der Waals surface area contributed by atoms with E-state index in [1.165, 1.54) is 0 Å². The van der Waals surface area contributed by atoms with Gasteiger partial charge in [-0.2, -0.15) is 0 Å². The van der Waals surface area contributed by atoms with Crippen molar-refractivity contribution in [2.75, 3.05) is 0 Å². The largest absolute Gasteiger partial charge is 0.426 e. The van der Waals surface area contributed by atoms with Crippen molar-refractivity contribution < 1.29 is 9.53 Å². The normalized spacial score (nSPS) is 16.9. The lowest BCUT2D eigenvalue weighted by molar-refractivity contribution is -0.135. The van der Waals surface area contributed by atoms with Crippen LogP contribution in [0.15, 0.2) is 41.5 Å². The van der Waals surface area contributed by atoms with Gasteiger partial charge in [0.25, 0.3) is 5.56 Å². The average Bonchev–Trinajstić information content (AvgIpc) is 2.52. The number of fused-ring (bicyclic) bond motifs is 2. The fourth-order valence-corrected chi connectivity index (χ4v) is 3.08. The highest BCUT2D eigenvalue weighted by Gasteiger charge is 2.32. The second-order valence-electron chi connectivity index (χ2n) is 5.56. The summed E-state index contributed by atoms with van der Waals surface area (Å²) in [5.41, 5.74) is 3.11. The van der Waals surface area contributed by atoms with Crippen LogP contribution in [0.4, 0.5) is 0 Å². The van der Waals surface area contributed by atoms with Crippen molar-refractivity contribution in [3.63, 3.8) is 0 Å². The van der Waals surface area contributed by atoms with Gasteiger partial charge >= 0.3 is 5.97 Å². The first kappa shape index (κ1) is 13.6. The summed E-state index contributed by atoms with van der Waals surface area (Å²) in [7, 11) is 0. The van der Waals surface area contributed by atoms with E-state index in [4.69, 9.17) is 4.74 Å². The topological polar surface area (TPSA) is 84.9 Å². The fourth-order valence-electron chi connectivity index (χ4n) is 3.08. The Morgan fingerprint density at radius 2 is 2.04 bits per heavy atom. The minimum atomic E-state index is -0.393. The third-order valence-corrected chi connectivity index (χ3v) is 4.02. The number of hydrogen-bond acceptors (Lipinski definition) is 5. The number of nitrogens with one attached hydrogen (secondary N) is 1. The molecule has 0 amide bonds. The first-order chi connectivity index (χ1) is 11.1. The molecule has 3 aromatic rings. The number of rotatable bonds is 1. The number of aromatic nitrogens is 3. The summed E-state index contributed by atoms with van der Waals surface area (Å²) in [4.78, 5) is 35.9. The molecule has 0 aliphatic carbocycles. The van der Waals surface area contributed by atoms with Gasteiger partial charge in [0.2, 0.25) is 0 Å². The molecule has 1 aromatic carbocycles. The average molecular weight is 307 g/mol. The molecule has 0 fully saturated rings. The molecular weight excluding hydrogens is 294 g/mol. The van der Waals surface area contributed by atoms with E-state index in [1.54, 1.807) is 25.4 Å². The Kier molecular flexibility index (Phi) is 2.97. The summed E-state index contributed by atoms with van der Waals surface area (Å²) >= 11 is 0. The van der Waals surface area contributed by atoms with Gasteiger partial charge in [-0.15, -0.1) is 0 Å². The SMILES string of the molecule is Cc1cc2c(c(=O)[nH]1)C(c1cccc3nccnc13)CC(=O)O2. The summed E-state index contributed by atoms with van der Waals surface area (Å²) in [6.07, 6.45) is 3.33. The van der Waals surface area contributed by atoms with Gasteiger partial charge in [-0.25, -0.2) is 0 Å². The van der Waals surface area contributed by atoms with Crippen LogP contribution in [0, 0.1) is 6.92 Å². The van der Waals surface area contributed by atoms with Crippen LogP contribution in [-0.4, -0.2) is 20.9 Å². The summed E-state index contributed by atoms with van der Waals surface area (Å²) < 4.78 is 5.26. The molecule has 23 heavy (non-hydrogen) atoms. The standard InChI is InChI=1S/C17H13N3O3/c1-9-7-13-15(17(22)20-9)11(8-14(21)23-13)10-3-2-4-12-16(10)19-6-5-18-12/h2-7,11H,8H2,1H3,(H,20,22). The van der Waals surface area contributed by atoms with Gasteiger partial charge in [-0.05, 0) is 18.6 Å². The molecule has 0 saturated heterocycles. The van der Waals surface area contributed by atoms with Gasteiger partial charge in [0.15, 0.2) is 0 Å². The molecule has 6 nitrogen and oxygen atoms in total. The first-order valence-corrected chi connectivity index (χ1v) is 7.27. The van der Waals surface area contributed by atoms with Crippen LogP contribution in [0.1, 0.15) is 29.2 Å². The van der Waals surface area contributed by atoms with Gasteiger partial charge in [0, 0.05) is 30.1 Å². The first-order valence-electron chi connectivity index (χ1n) is 7.27. The molecule has 1 unspecified atom stereocenters. The van der Waals surface area contributed by atoms with Gasteiger partial charge in [-0.1, -0.05) is 12.1 Å². The third kappa shape index (κ3) is 2.19. The predicted molar refractivity (Wildman–Crippen MR) is 83.4 cm³/mol. The zero-order chi connectivity index (χ0) is 16.0. The zero-order valence-corrected chi connectivity index (χ0v) is 12.4. The second kappa shape index (κ2) is 5.01. The van der Waals surface area contributed by atoms with Crippen molar-refractivity contribution in [2.24, 2.45) is 0 Å². The predicted octanol–water partition coefficient (Wildman–Crippen LogP) is 2.07. The highest BCUT2D eigenvalue weighted by atomic mass is 16.5. The Hall–Kier alpha value is -3.02. The van der Waals surface area contributed by atoms with Crippen molar-refractivity contribution in [2.45, 2.75) is 19.3 Å². The number of nitrogens with zero attached hydrogens (tertiary/aromatic N) is 2. The third-order valence-electron chi connectivity index (χ3n) is 4.02. The number of para-hydroxylation sites is 1. The molecule has 114 valence electrons. The van der Waals surface area contributed by atoms with E-state index >= 15 is 0 Å². The molecule has 3 heterocycles. The van der Waals surface area contributed by atoms with E-state index < -0.39 is 5.92 Å². The number of ether oxygens (including phenoxy) is 1. The number of carbonyl (C=O) groups is 1. The van der Waals surface area contributed by atoms with Gasteiger partial charge < -0.3 is 9.72 Å². The minimum Gasteiger partial charge on any atom is -0.426 e. The number of benzene rings is 1. The molecule has 1 aliphatic rings. The lowest BCUT2D eigenvalue weighted by Gasteiger charge is -2.24. The Morgan fingerprint density at radius 1 is 1.22 bits per heavy atom. The number of H-pyrrole nitrogens is 1. The van der Waals surface area contributed by atoms with E-state index in [0.717, 1.165) is 11.1 Å². The van der Waals surface area contributed by atoms with Crippen molar-refractivity contribution >= 4 is 17.0 Å². The Morgan fingerprint density at radius 3 is 2.91 bits per heavy atom. The Labute approximate surface area is 131 Å². The number of esters is 1. The zero-order valence-electron chi connectivity index (χ0n) is 12.4. The highest BCUT2D eigenvalue weighted by molar-refractivity contribution is 5.83. The molecule has 0 bridgehead atoms. The molecule has 0 radical (unpaired) electrons. The second-order valence-corrected chi connectivity index (χ2v) is 5.56. The maximum atomic E-state index is 12.4. The number of aryl methyl sites for hydroxylation is 1. The molecule has 1 aliphatic heterocycles. The van der Waals surface area contributed by atoms with Gasteiger partial charge in [0.05, 0.1) is 23.0 Å².